The minimum Gasteiger partial charge on any atom is -0.483 e. The lowest BCUT2D eigenvalue weighted by Gasteiger charge is -2.19. The summed E-state index contributed by atoms with van der Waals surface area (Å²) in [4.78, 5) is 13.6. The lowest BCUT2D eigenvalue weighted by Crippen LogP contribution is -2.21. The summed E-state index contributed by atoms with van der Waals surface area (Å²) in [6, 6.07) is 24.5. The molecule has 0 unspecified atom stereocenters. The zero-order valence-electron chi connectivity index (χ0n) is 16.4. The highest BCUT2D eigenvalue weighted by Gasteiger charge is 2.14. The molecule has 3 aromatic rings. The third kappa shape index (κ3) is 5.42. The van der Waals surface area contributed by atoms with Gasteiger partial charge in [-0.2, -0.15) is 0 Å². The predicted octanol–water partition coefficient (Wildman–Crippen LogP) is 5.88. The van der Waals surface area contributed by atoms with Crippen molar-refractivity contribution in [2.24, 2.45) is 0 Å². The van der Waals surface area contributed by atoms with E-state index in [2.05, 4.69) is 35.6 Å². The number of fused-ring (bicyclic) bond motifs is 1. The molecule has 0 saturated carbocycles. The van der Waals surface area contributed by atoms with Crippen LogP contribution in [0.15, 0.2) is 77.7 Å². The van der Waals surface area contributed by atoms with E-state index in [0.29, 0.717) is 0 Å². The van der Waals surface area contributed by atoms with Crippen LogP contribution in [-0.4, -0.2) is 12.5 Å². The Balaban J connectivity index is 1.28. The van der Waals surface area contributed by atoms with E-state index in [1.807, 2.05) is 42.5 Å². The number of thioether (sulfide) groups is 1. The first-order valence-electron chi connectivity index (χ1n) is 10.1. The van der Waals surface area contributed by atoms with Gasteiger partial charge in [-0.15, -0.1) is 11.8 Å². The second-order valence-corrected chi connectivity index (χ2v) is 8.29. The number of rotatable bonds is 7. The summed E-state index contributed by atoms with van der Waals surface area (Å²) in [5.74, 6) is 1.62. The Hall–Kier alpha value is -2.72. The van der Waals surface area contributed by atoms with Gasteiger partial charge in [-0.25, -0.2) is 0 Å². The van der Waals surface area contributed by atoms with Crippen LogP contribution in [0.2, 0.25) is 0 Å². The first kappa shape index (κ1) is 19.6. The maximum Gasteiger partial charge on any atom is 0.262 e. The van der Waals surface area contributed by atoms with Crippen LogP contribution in [0.25, 0.3) is 0 Å². The molecule has 0 bridgehead atoms. The standard InChI is InChI=1S/C25H25NO2S/c27-25(17-28-24-12-6-8-20-7-4-5-11-23(20)24)26-21-15-13-19(14-16-21)18-29-22-9-2-1-3-10-22/h1-3,6,8-10,12-16H,4-5,7,11,17-18H2,(H,26,27). The molecule has 0 fully saturated rings. The van der Waals surface area contributed by atoms with Gasteiger partial charge in [-0.1, -0.05) is 42.5 Å². The van der Waals surface area contributed by atoms with Crippen molar-refractivity contribution in [3.63, 3.8) is 0 Å². The van der Waals surface area contributed by atoms with Gasteiger partial charge >= 0.3 is 0 Å². The van der Waals surface area contributed by atoms with E-state index >= 15 is 0 Å². The molecule has 0 atom stereocenters. The molecule has 3 nitrogen and oxygen atoms in total. The normalized spacial score (nSPS) is 12.8. The van der Waals surface area contributed by atoms with Crippen molar-refractivity contribution in [1.29, 1.82) is 0 Å². The molecule has 4 heteroatoms. The fourth-order valence-electron chi connectivity index (χ4n) is 3.59. The highest BCUT2D eigenvalue weighted by Crippen LogP contribution is 2.29. The summed E-state index contributed by atoms with van der Waals surface area (Å²) in [6.45, 7) is 0.0298. The van der Waals surface area contributed by atoms with Gasteiger partial charge in [0, 0.05) is 16.3 Å². The Bertz CT molecular complexity index is 954. The lowest BCUT2D eigenvalue weighted by atomic mass is 9.91. The van der Waals surface area contributed by atoms with Crippen LogP contribution in [-0.2, 0) is 23.4 Å². The topological polar surface area (TPSA) is 38.3 Å². The zero-order valence-corrected chi connectivity index (χ0v) is 17.2. The molecule has 4 rings (SSSR count). The molecular weight excluding hydrogens is 378 g/mol. The van der Waals surface area contributed by atoms with Crippen LogP contribution >= 0.6 is 11.8 Å². The smallest absolute Gasteiger partial charge is 0.262 e. The van der Waals surface area contributed by atoms with E-state index in [1.165, 1.54) is 34.4 Å². The molecule has 0 spiro atoms. The van der Waals surface area contributed by atoms with Crippen LogP contribution < -0.4 is 10.1 Å². The number of nitrogens with one attached hydrogen (secondary N) is 1. The quantitative estimate of drug-likeness (QED) is 0.501. The van der Waals surface area contributed by atoms with E-state index in [0.717, 1.165) is 30.0 Å². The largest absolute Gasteiger partial charge is 0.483 e. The molecule has 0 saturated heterocycles. The van der Waals surface area contributed by atoms with Gasteiger partial charge < -0.3 is 10.1 Å². The molecule has 1 aliphatic rings. The van der Waals surface area contributed by atoms with Crippen LogP contribution in [0.5, 0.6) is 5.75 Å². The van der Waals surface area contributed by atoms with E-state index in [4.69, 9.17) is 4.74 Å². The maximum atomic E-state index is 12.3. The lowest BCUT2D eigenvalue weighted by molar-refractivity contribution is -0.118. The summed E-state index contributed by atoms with van der Waals surface area (Å²) in [5, 5.41) is 2.92. The third-order valence-corrected chi connectivity index (χ3v) is 6.18. The Morgan fingerprint density at radius 2 is 1.69 bits per heavy atom. The van der Waals surface area contributed by atoms with Gasteiger partial charge in [0.1, 0.15) is 5.75 Å². The molecule has 148 valence electrons. The van der Waals surface area contributed by atoms with Crippen molar-refractivity contribution < 1.29 is 9.53 Å². The van der Waals surface area contributed by atoms with Crippen molar-refractivity contribution in [1.82, 2.24) is 0 Å². The fraction of sp³-hybridized carbons (Fsp3) is 0.240. The molecule has 0 radical (unpaired) electrons. The van der Waals surface area contributed by atoms with Crippen molar-refractivity contribution in [3.05, 3.63) is 89.5 Å². The van der Waals surface area contributed by atoms with Crippen molar-refractivity contribution in [2.45, 2.75) is 36.3 Å². The molecule has 1 aliphatic carbocycles. The Labute approximate surface area is 176 Å². The van der Waals surface area contributed by atoms with Gasteiger partial charge in [-0.3, -0.25) is 4.79 Å². The van der Waals surface area contributed by atoms with Crippen molar-refractivity contribution in [3.8, 4) is 5.75 Å². The fourth-order valence-corrected chi connectivity index (χ4v) is 4.46. The van der Waals surface area contributed by atoms with Gasteiger partial charge in [0.2, 0.25) is 0 Å². The zero-order chi connectivity index (χ0) is 19.9. The number of hydrogen-bond donors (Lipinski definition) is 1. The van der Waals surface area contributed by atoms with E-state index in [1.54, 1.807) is 11.8 Å². The highest BCUT2D eigenvalue weighted by molar-refractivity contribution is 7.98. The summed E-state index contributed by atoms with van der Waals surface area (Å²) >= 11 is 1.80. The monoisotopic (exact) mass is 403 g/mol. The minimum atomic E-state index is -0.134. The number of carbonyl (C=O) groups excluding carboxylic acids is 1. The Kier molecular flexibility index (Phi) is 6.52. The number of amides is 1. The van der Waals surface area contributed by atoms with Crippen LogP contribution in [0.3, 0.4) is 0 Å². The molecule has 3 aromatic carbocycles. The van der Waals surface area contributed by atoms with E-state index in [-0.39, 0.29) is 12.5 Å². The Morgan fingerprint density at radius 1 is 0.897 bits per heavy atom. The molecule has 0 aliphatic heterocycles. The van der Waals surface area contributed by atoms with E-state index < -0.39 is 0 Å². The van der Waals surface area contributed by atoms with Crippen LogP contribution in [0.1, 0.15) is 29.5 Å². The van der Waals surface area contributed by atoms with Crippen LogP contribution in [0.4, 0.5) is 5.69 Å². The van der Waals surface area contributed by atoms with Crippen molar-refractivity contribution in [2.75, 3.05) is 11.9 Å². The molecular formula is C25H25NO2S. The number of aryl methyl sites for hydroxylation is 1. The second-order valence-electron chi connectivity index (χ2n) is 7.24. The van der Waals surface area contributed by atoms with Crippen molar-refractivity contribution >= 4 is 23.4 Å². The van der Waals surface area contributed by atoms with Gasteiger partial charge in [0.15, 0.2) is 6.61 Å². The van der Waals surface area contributed by atoms with Gasteiger partial charge in [-0.05, 0) is 72.7 Å². The molecule has 29 heavy (non-hydrogen) atoms. The van der Waals surface area contributed by atoms with Gasteiger partial charge in [0.05, 0.1) is 0 Å². The summed E-state index contributed by atoms with van der Waals surface area (Å²) < 4.78 is 5.83. The minimum absolute atomic E-state index is 0.0298. The average Bonchev–Trinajstić information content (AvgIpc) is 2.78. The van der Waals surface area contributed by atoms with E-state index in [9.17, 15) is 4.79 Å². The second kappa shape index (κ2) is 9.66. The average molecular weight is 404 g/mol. The number of carbonyl (C=O) groups is 1. The predicted molar refractivity (Wildman–Crippen MR) is 120 cm³/mol. The highest BCUT2D eigenvalue weighted by atomic mass is 32.2. The summed E-state index contributed by atoms with van der Waals surface area (Å²) in [5.41, 5.74) is 4.65. The van der Waals surface area contributed by atoms with Gasteiger partial charge in [0.25, 0.3) is 5.91 Å². The molecule has 0 aromatic heterocycles. The number of benzene rings is 3. The first-order valence-corrected chi connectivity index (χ1v) is 11.1. The molecule has 1 amide bonds. The van der Waals surface area contributed by atoms with Crippen LogP contribution in [0, 0.1) is 0 Å². The number of anilines is 1. The molecule has 1 N–H and O–H groups in total. The third-order valence-electron chi connectivity index (χ3n) is 5.10. The summed E-state index contributed by atoms with van der Waals surface area (Å²) in [7, 11) is 0. The summed E-state index contributed by atoms with van der Waals surface area (Å²) in [6.07, 6.45) is 4.56. The molecule has 0 heterocycles. The number of hydrogen-bond acceptors (Lipinski definition) is 3. The first-order chi connectivity index (χ1) is 14.3. The number of ether oxygens (including phenoxy) is 1. The SMILES string of the molecule is O=C(COc1cccc2c1CCCC2)Nc1ccc(CSc2ccccc2)cc1. The maximum absolute atomic E-state index is 12.3. The Morgan fingerprint density at radius 3 is 2.52 bits per heavy atom.